The average Bonchev–Trinajstić information content (AvgIpc) is 3.22. The molecule has 1 saturated heterocycles. The second-order valence-electron chi connectivity index (χ2n) is 6.80. The zero-order valence-corrected chi connectivity index (χ0v) is 21.1. The summed E-state index contributed by atoms with van der Waals surface area (Å²) in [6.45, 7) is 7.93. The second-order valence-corrected chi connectivity index (χ2v) is 9.04. The van der Waals surface area contributed by atoms with Crippen LogP contribution in [0.15, 0.2) is 39.1 Å². The van der Waals surface area contributed by atoms with Gasteiger partial charge in [-0.3, -0.25) is 4.99 Å². The predicted octanol–water partition coefficient (Wildman–Crippen LogP) is 4.17. The summed E-state index contributed by atoms with van der Waals surface area (Å²) in [5, 5.41) is 9.02. The van der Waals surface area contributed by atoms with E-state index in [4.69, 9.17) is 4.99 Å². The first-order valence-corrected chi connectivity index (χ1v) is 11.9. The van der Waals surface area contributed by atoms with E-state index in [-0.39, 0.29) is 24.0 Å². The number of nitrogens with zero attached hydrogens (tertiary/aromatic N) is 4. The Kier molecular flexibility index (Phi) is 11.1. The predicted molar refractivity (Wildman–Crippen MR) is 136 cm³/mol. The molecular weight excluding hydrogens is 515 g/mol. The van der Waals surface area contributed by atoms with Crippen LogP contribution in [-0.4, -0.2) is 53.9 Å². The Morgan fingerprint density at radius 3 is 2.86 bits per heavy atom. The summed E-state index contributed by atoms with van der Waals surface area (Å²) in [6.07, 6.45) is 5.11. The number of aromatic nitrogens is 2. The third-order valence-corrected chi connectivity index (χ3v) is 6.64. The van der Waals surface area contributed by atoms with Gasteiger partial charge < -0.3 is 15.5 Å². The van der Waals surface area contributed by atoms with E-state index >= 15 is 0 Å². The van der Waals surface area contributed by atoms with Crippen LogP contribution in [0.4, 0.5) is 5.82 Å². The number of hydrogen-bond acceptors (Lipinski definition) is 6. The number of piperidine rings is 1. The number of hydrogen-bond donors (Lipinski definition) is 2. The minimum Gasteiger partial charge on any atom is -0.357 e. The maximum Gasteiger partial charge on any atom is 0.191 e. The number of halogens is 1. The minimum absolute atomic E-state index is 0. The lowest BCUT2D eigenvalue weighted by atomic mass is 10.1. The Morgan fingerprint density at radius 1 is 1.34 bits per heavy atom. The number of rotatable bonds is 8. The van der Waals surface area contributed by atoms with Gasteiger partial charge >= 0.3 is 0 Å². The standard InChI is InChI=1S/C20H30N6S2.HI/c1-3-21-19(22-10-5-14-27-20-23-11-15-28-20)25-17-8-12-26(13-9-17)18-7-4-6-16(2)24-18;/h4,6-7,11,15,17H,3,5,8-10,12-14H2,1-2H3,(H2,21,22,25);1H. The molecule has 0 spiro atoms. The molecular formula is C20H31IN6S2. The topological polar surface area (TPSA) is 65.4 Å². The molecule has 0 aromatic carbocycles. The molecule has 3 rings (SSSR count). The number of thiazole rings is 1. The Hall–Kier alpha value is -1.07. The summed E-state index contributed by atoms with van der Waals surface area (Å²) in [7, 11) is 0. The van der Waals surface area contributed by atoms with Crippen molar-refractivity contribution in [2.45, 2.75) is 43.5 Å². The molecule has 0 bridgehead atoms. The van der Waals surface area contributed by atoms with E-state index < -0.39 is 0 Å². The fraction of sp³-hybridized carbons (Fsp3) is 0.550. The summed E-state index contributed by atoms with van der Waals surface area (Å²) in [5.74, 6) is 3.09. The van der Waals surface area contributed by atoms with Crippen LogP contribution < -0.4 is 15.5 Å². The van der Waals surface area contributed by atoms with E-state index in [1.54, 1.807) is 11.3 Å². The second kappa shape index (κ2) is 13.3. The van der Waals surface area contributed by atoms with Crippen molar-refractivity contribution < 1.29 is 0 Å². The Labute approximate surface area is 199 Å². The highest BCUT2D eigenvalue weighted by Crippen LogP contribution is 2.20. The monoisotopic (exact) mass is 546 g/mol. The molecule has 2 aromatic rings. The van der Waals surface area contributed by atoms with E-state index in [1.807, 2.05) is 36.3 Å². The number of nitrogens with one attached hydrogen (secondary N) is 2. The highest BCUT2D eigenvalue weighted by atomic mass is 127. The van der Waals surface area contributed by atoms with Crippen LogP contribution in [0.3, 0.4) is 0 Å². The summed E-state index contributed by atoms with van der Waals surface area (Å²) >= 11 is 3.51. The highest BCUT2D eigenvalue weighted by Gasteiger charge is 2.20. The van der Waals surface area contributed by atoms with Crippen LogP contribution in [0.1, 0.15) is 31.9 Å². The quantitative estimate of drug-likeness (QED) is 0.170. The zero-order valence-electron chi connectivity index (χ0n) is 17.1. The molecule has 2 aromatic heterocycles. The molecule has 9 heteroatoms. The van der Waals surface area contributed by atoms with Gasteiger partial charge in [0.2, 0.25) is 0 Å². The van der Waals surface area contributed by atoms with Crippen molar-refractivity contribution in [1.82, 2.24) is 20.6 Å². The van der Waals surface area contributed by atoms with Gasteiger partial charge in [0.25, 0.3) is 0 Å². The molecule has 0 aliphatic carbocycles. The van der Waals surface area contributed by atoms with Gasteiger partial charge in [0, 0.05) is 55.2 Å². The average molecular weight is 547 g/mol. The fourth-order valence-corrected chi connectivity index (χ4v) is 4.80. The fourth-order valence-electron chi connectivity index (χ4n) is 3.17. The van der Waals surface area contributed by atoms with Gasteiger partial charge in [-0.15, -0.1) is 35.3 Å². The Bertz CT molecular complexity index is 732. The largest absolute Gasteiger partial charge is 0.357 e. The third kappa shape index (κ3) is 8.29. The number of anilines is 1. The Morgan fingerprint density at radius 2 is 2.17 bits per heavy atom. The van der Waals surface area contributed by atoms with E-state index in [9.17, 15) is 0 Å². The molecule has 6 nitrogen and oxygen atoms in total. The van der Waals surface area contributed by atoms with Crippen molar-refractivity contribution in [3.8, 4) is 0 Å². The first-order valence-electron chi connectivity index (χ1n) is 10.0. The van der Waals surface area contributed by atoms with Crippen LogP contribution in [0.5, 0.6) is 0 Å². The number of aliphatic imine (C=N–C) groups is 1. The van der Waals surface area contributed by atoms with E-state index in [1.165, 1.54) is 0 Å². The number of guanidine groups is 1. The summed E-state index contributed by atoms with van der Waals surface area (Å²) in [6, 6.07) is 6.70. The van der Waals surface area contributed by atoms with Crippen molar-refractivity contribution in [2.24, 2.45) is 4.99 Å². The molecule has 0 unspecified atom stereocenters. The minimum atomic E-state index is 0. The van der Waals surface area contributed by atoms with Gasteiger partial charge in [-0.05, 0) is 45.2 Å². The molecule has 0 atom stereocenters. The maximum atomic E-state index is 4.75. The number of thioether (sulfide) groups is 1. The van der Waals surface area contributed by atoms with Crippen LogP contribution in [0, 0.1) is 6.92 Å². The lowest BCUT2D eigenvalue weighted by molar-refractivity contribution is 0.459. The highest BCUT2D eigenvalue weighted by molar-refractivity contribution is 14.0. The molecule has 3 heterocycles. The lowest BCUT2D eigenvalue weighted by Crippen LogP contribution is -2.49. The third-order valence-electron chi connectivity index (χ3n) is 4.59. The summed E-state index contributed by atoms with van der Waals surface area (Å²) < 4.78 is 1.14. The molecule has 0 radical (unpaired) electrons. The van der Waals surface area contributed by atoms with Crippen molar-refractivity contribution in [2.75, 3.05) is 36.8 Å². The van der Waals surface area contributed by atoms with Crippen molar-refractivity contribution >= 4 is 58.9 Å². The molecule has 1 aliphatic heterocycles. The van der Waals surface area contributed by atoms with Gasteiger partial charge in [0.15, 0.2) is 5.96 Å². The molecule has 2 N–H and O–H groups in total. The van der Waals surface area contributed by atoms with Gasteiger partial charge in [-0.1, -0.05) is 17.8 Å². The van der Waals surface area contributed by atoms with Gasteiger partial charge in [-0.2, -0.15) is 0 Å². The number of pyridine rings is 1. The van der Waals surface area contributed by atoms with Crippen molar-refractivity contribution in [3.05, 3.63) is 35.5 Å². The van der Waals surface area contributed by atoms with Crippen LogP contribution in [0.2, 0.25) is 0 Å². The van der Waals surface area contributed by atoms with Gasteiger partial charge in [-0.25, -0.2) is 9.97 Å². The van der Waals surface area contributed by atoms with Crippen molar-refractivity contribution in [3.63, 3.8) is 0 Å². The molecule has 1 fully saturated rings. The SMILES string of the molecule is CCNC(=NCCCSc1nccs1)NC1CCN(c2cccc(C)n2)CC1.I. The normalized spacial score (nSPS) is 15.1. The molecule has 0 amide bonds. The maximum absolute atomic E-state index is 4.75. The van der Waals surface area contributed by atoms with E-state index in [0.29, 0.717) is 6.04 Å². The molecule has 160 valence electrons. The van der Waals surface area contributed by atoms with Crippen LogP contribution in [0.25, 0.3) is 0 Å². The summed E-state index contributed by atoms with van der Waals surface area (Å²) in [5.41, 5.74) is 1.08. The molecule has 29 heavy (non-hydrogen) atoms. The van der Waals surface area contributed by atoms with Gasteiger partial charge in [0.05, 0.1) is 0 Å². The summed E-state index contributed by atoms with van der Waals surface area (Å²) in [4.78, 5) is 16.1. The van der Waals surface area contributed by atoms with E-state index in [2.05, 4.69) is 44.6 Å². The molecule has 0 saturated carbocycles. The van der Waals surface area contributed by atoms with Crippen molar-refractivity contribution in [1.29, 1.82) is 0 Å². The smallest absolute Gasteiger partial charge is 0.191 e. The first-order chi connectivity index (χ1) is 13.7. The lowest BCUT2D eigenvalue weighted by Gasteiger charge is -2.34. The zero-order chi connectivity index (χ0) is 19.6. The van der Waals surface area contributed by atoms with Gasteiger partial charge in [0.1, 0.15) is 10.2 Å². The van der Waals surface area contributed by atoms with E-state index in [0.717, 1.165) is 73.0 Å². The number of aryl methyl sites for hydroxylation is 1. The first kappa shape index (κ1) is 24.2. The Balaban J connectivity index is 0.00000300. The van der Waals surface area contributed by atoms with Crippen LogP contribution >= 0.6 is 47.1 Å². The van der Waals surface area contributed by atoms with Crippen LogP contribution in [-0.2, 0) is 0 Å². The molecule has 1 aliphatic rings.